The number of unbranched alkanes of at least 4 members (excludes halogenated alkanes) is 1. The lowest BCUT2D eigenvalue weighted by Crippen LogP contribution is -1.78. The Labute approximate surface area is 85.9 Å². The fourth-order valence-electron chi connectivity index (χ4n) is 0.997. The molecule has 0 unspecified atom stereocenters. The fourth-order valence-corrected chi connectivity index (χ4v) is 0.997. The Morgan fingerprint density at radius 3 is 2.79 bits per heavy atom. The first-order valence-electron chi connectivity index (χ1n) is 4.98. The van der Waals surface area contributed by atoms with Crippen molar-refractivity contribution in [2.24, 2.45) is 4.99 Å². The molecule has 0 spiro atoms. The van der Waals surface area contributed by atoms with E-state index in [2.05, 4.69) is 23.8 Å². The van der Waals surface area contributed by atoms with Crippen LogP contribution in [-0.2, 0) is 0 Å². The molecule has 0 N–H and O–H groups in total. The highest BCUT2D eigenvalue weighted by molar-refractivity contribution is 5.79. The highest BCUT2D eigenvalue weighted by Gasteiger charge is 1.79. The van der Waals surface area contributed by atoms with Crippen molar-refractivity contribution in [1.29, 1.82) is 0 Å². The normalized spacial score (nSPS) is 9.79. The van der Waals surface area contributed by atoms with E-state index in [1.165, 1.54) is 6.42 Å². The first-order valence-corrected chi connectivity index (χ1v) is 4.98. The van der Waals surface area contributed by atoms with Gasteiger partial charge in [0.15, 0.2) is 0 Å². The van der Waals surface area contributed by atoms with E-state index in [0.29, 0.717) is 0 Å². The first kappa shape index (κ1) is 10.5. The third-order valence-corrected chi connectivity index (χ3v) is 1.79. The number of aliphatic imine (C=N–C) groups is 1. The molecule has 1 heteroatoms. The van der Waals surface area contributed by atoms with Crippen molar-refractivity contribution in [2.75, 3.05) is 6.54 Å². The summed E-state index contributed by atoms with van der Waals surface area (Å²) >= 11 is 0. The summed E-state index contributed by atoms with van der Waals surface area (Å²) in [6.07, 6.45) is 4.02. The fraction of sp³-hybridized carbons (Fsp3) is 0.308. The van der Waals surface area contributed by atoms with Gasteiger partial charge in [-0.05, 0) is 24.5 Å². The van der Waals surface area contributed by atoms with Crippen molar-refractivity contribution in [3.63, 3.8) is 0 Å². The van der Waals surface area contributed by atoms with Gasteiger partial charge in [-0.15, -0.1) is 0 Å². The van der Waals surface area contributed by atoms with E-state index in [1.54, 1.807) is 6.21 Å². The highest BCUT2D eigenvalue weighted by atomic mass is 14.7. The molecule has 1 aromatic rings. The van der Waals surface area contributed by atoms with Gasteiger partial charge in [0, 0.05) is 12.1 Å². The minimum atomic E-state index is 0.889. The zero-order chi connectivity index (χ0) is 10.1. The van der Waals surface area contributed by atoms with Crippen molar-refractivity contribution in [2.45, 2.75) is 19.8 Å². The Balaban J connectivity index is 2.37. The predicted molar refractivity (Wildman–Crippen MR) is 61.6 cm³/mol. The second-order valence-electron chi connectivity index (χ2n) is 3.02. The molecular formula is C13H15N. The summed E-state index contributed by atoms with van der Waals surface area (Å²) in [4.78, 5) is 4.18. The molecule has 0 heterocycles. The Bertz CT molecular complexity index is 327. The molecule has 0 aliphatic carbocycles. The lowest BCUT2D eigenvalue weighted by molar-refractivity contribution is 0.810. The van der Waals surface area contributed by atoms with Crippen LogP contribution in [0.15, 0.2) is 35.3 Å². The van der Waals surface area contributed by atoms with Crippen LogP contribution >= 0.6 is 0 Å². The van der Waals surface area contributed by atoms with Crippen LogP contribution in [0, 0.1) is 11.8 Å². The summed E-state index contributed by atoms with van der Waals surface area (Å²) in [5.41, 5.74) is 1.04. The maximum Gasteiger partial charge on any atom is 0.0714 e. The van der Waals surface area contributed by atoms with Crippen LogP contribution in [0.2, 0.25) is 0 Å². The van der Waals surface area contributed by atoms with Crippen LogP contribution in [0.5, 0.6) is 0 Å². The summed E-state index contributed by atoms with van der Waals surface area (Å²) in [5, 5.41) is 0. The van der Waals surface area contributed by atoms with Gasteiger partial charge in [0.1, 0.15) is 0 Å². The van der Waals surface area contributed by atoms with E-state index in [4.69, 9.17) is 0 Å². The predicted octanol–water partition coefficient (Wildman–Crippen LogP) is 2.91. The van der Waals surface area contributed by atoms with Gasteiger partial charge in [-0.3, -0.25) is 4.99 Å². The quantitative estimate of drug-likeness (QED) is 0.390. The third-order valence-electron chi connectivity index (χ3n) is 1.79. The lowest BCUT2D eigenvalue weighted by Gasteiger charge is -1.86. The van der Waals surface area contributed by atoms with Gasteiger partial charge < -0.3 is 0 Å². The molecule has 1 rings (SSSR count). The molecule has 0 fully saturated rings. The SMILES string of the molecule is CCCCN=CC#Cc1ccccc1. The smallest absolute Gasteiger partial charge is 0.0714 e. The second kappa shape index (κ2) is 6.91. The molecule has 72 valence electrons. The maximum absolute atomic E-state index is 4.18. The van der Waals surface area contributed by atoms with Gasteiger partial charge in [-0.1, -0.05) is 37.5 Å². The summed E-state index contributed by atoms with van der Waals surface area (Å²) in [5.74, 6) is 5.94. The minimum Gasteiger partial charge on any atom is -0.284 e. The van der Waals surface area contributed by atoms with Crippen molar-refractivity contribution in [1.82, 2.24) is 0 Å². The molecular weight excluding hydrogens is 170 g/mol. The van der Waals surface area contributed by atoms with Crippen molar-refractivity contribution in [3.05, 3.63) is 35.9 Å². The average molecular weight is 185 g/mol. The standard InChI is InChI=1S/C13H15N/c1-2-3-11-14-12-7-10-13-8-5-4-6-9-13/h4-6,8-9,12H,2-3,11H2,1H3. The molecule has 0 atom stereocenters. The molecule has 0 aromatic heterocycles. The number of nitrogens with zero attached hydrogens (tertiary/aromatic N) is 1. The Kier molecular flexibility index (Phi) is 5.20. The first-order chi connectivity index (χ1) is 6.93. The van der Waals surface area contributed by atoms with Crippen LogP contribution in [0.3, 0.4) is 0 Å². The van der Waals surface area contributed by atoms with E-state index in [1.807, 2.05) is 30.3 Å². The van der Waals surface area contributed by atoms with Gasteiger partial charge >= 0.3 is 0 Å². The van der Waals surface area contributed by atoms with Crippen molar-refractivity contribution < 1.29 is 0 Å². The summed E-state index contributed by atoms with van der Waals surface area (Å²) < 4.78 is 0. The van der Waals surface area contributed by atoms with Crippen LogP contribution < -0.4 is 0 Å². The number of rotatable bonds is 3. The summed E-state index contributed by atoms with van der Waals surface area (Å²) in [6, 6.07) is 9.94. The lowest BCUT2D eigenvalue weighted by atomic mass is 10.2. The zero-order valence-electron chi connectivity index (χ0n) is 8.53. The minimum absolute atomic E-state index is 0.889. The van der Waals surface area contributed by atoms with E-state index in [-0.39, 0.29) is 0 Å². The zero-order valence-corrected chi connectivity index (χ0v) is 8.53. The van der Waals surface area contributed by atoms with E-state index in [9.17, 15) is 0 Å². The van der Waals surface area contributed by atoms with Gasteiger partial charge in [0.25, 0.3) is 0 Å². The van der Waals surface area contributed by atoms with Crippen LogP contribution in [0.25, 0.3) is 0 Å². The molecule has 0 aliphatic heterocycles. The number of hydrogen-bond acceptors (Lipinski definition) is 1. The Morgan fingerprint density at radius 1 is 1.29 bits per heavy atom. The molecule has 0 radical (unpaired) electrons. The molecule has 0 amide bonds. The van der Waals surface area contributed by atoms with Gasteiger partial charge in [-0.2, -0.15) is 0 Å². The van der Waals surface area contributed by atoms with Crippen molar-refractivity contribution in [3.8, 4) is 11.8 Å². The maximum atomic E-state index is 4.18. The molecule has 1 aromatic carbocycles. The van der Waals surface area contributed by atoms with E-state index >= 15 is 0 Å². The Hall–Kier alpha value is -1.55. The molecule has 0 saturated carbocycles. The van der Waals surface area contributed by atoms with Gasteiger partial charge in [-0.25, -0.2) is 0 Å². The molecule has 1 nitrogen and oxygen atoms in total. The average Bonchev–Trinajstić information content (AvgIpc) is 2.25. The van der Waals surface area contributed by atoms with Crippen LogP contribution in [0.4, 0.5) is 0 Å². The topological polar surface area (TPSA) is 12.4 Å². The monoisotopic (exact) mass is 185 g/mol. The molecule has 0 bridgehead atoms. The molecule has 14 heavy (non-hydrogen) atoms. The second-order valence-corrected chi connectivity index (χ2v) is 3.02. The Morgan fingerprint density at radius 2 is 2.07 bits per heavy atom. The summed E-state index contributed by atoms with van der Waals surface area (Å²) in [7, 11) is 0. The van der Waals surface area contributed by atoms with Crippen LogP contribution in [-0.4, -0.2) is 12.8 Å². The largest absolute Gasteiger partial charge is 0.284 e. The summed E-state index contributed by atoms with van der Waals surface area (Å²) in [6.45, 7) is 3.05. The van der Waals surface area contributed by atoms with E-state index in [0.717, 1.165) is 18.5 Å². The molecule has 0 aliphatic rings. The van der Waals surface area contributed by atoms with E-state index < -0.39 is 0 Å². The number of benzene rings is 1. The van der Waals surface area contributed by atoms with Gasteiger partial charge in [0.05, 0.1) is 6.21 Å². The highest BCUT2D eigenvalue weighted by Crippen LogP contribution is 1.94. The van der Waals surface area contributed by atoms with Crippen molar-refractivity contribution >= 4 is 6.21 Å². The number of hydrogen-bond donors (Lipinski definition) is 0. The molecule has 0 saturated heterocycles. The third kappa shape index (κ3) is 4.47. The van der Waals surface area contributed by atoms with Crippen LogP contribution in [0.1, 0.15) is 25.3 Å². The van der Waals surface area contributed by atoms with Gasteiger partial charge in [0.2, 0.25) is 0 Å².